The molecule has 0 fully saturated rings. The molecule has 0 bridgehead atoms. The minimum Gasteiger partial charge on any atom is -0.497 e. The maximum Gasteiger partial charge on any atom is 0.307 e. The third-order valence-electron chi connectivity index (χ3n) is 1.77. The Bertz CT molecular complexity index is 314. The Hall–Kier alpha value is -1.16. The minimum absolute atomic E-state index is 0.0325. The molecule has 0 amide bonds. The zero-order chi connectivity index (χ0) is 10.6. The second kappa shape index (κ2) is 4.91. The van der Waals surface area contributed by atoms with E-state index in [0.29, 0.717) is 5.75 Å². The van der Waals surface area contributed by atoms with Gasteiger partial charge in [-0.05, 0) is 30.0 Å². The SMILES string of the molecule is COc1cc(CC(=O)O)cc(SC)c1. The summed E-state index contributed by atoms with van der Waals surface area (Å²) in [5, 5.41) is 8.65. The van der Waals surface area contributed by atoms with Crippen molar-refractivity contribution < 1.29 is 14.6 Å². The summed E-state index contributed by atoms with van der Waals surface area (Å²) in [4.78, 5) is 11.5. The highest BCUT2D eigenvalue weighted by atomic mass is 32.2. The van der Waals surface area contributed by atoms with E-state index < -0.39 is 5.97 Å². The van der Waals surface area contributed by atoms with Crippen LogP contribution in [0.1, 0.15) is 5.56 Å². The van der Waals surface area contributed by atoms with E-state index in [1.807, 2.05) is 18.4 Å². The van der Waals surface area contributed by atoms with Crippen molar-refractivity contribution in [3.63, 3.8) is 0 Å². The van der Waals surface area contributed by atoms with Crippen LogP contribution in [0.4, 0.5) is 0 Å². The van der Waals surface area contributed by atoms with Crippen LogP contribution in [0, 0.1) is 0 Å². The molecule has 0 atom stereocenters. The van der Waals surface area contributed by atoms with E-state index in [9.17, 15) is 4.79 Å². The van der Waals surface area contributed by atoms with Crippen molar-refractivity contribution in [1.29, 1.82) is 0 Å². The first-order valence-corrected chi connectivity index (χ1v) is 5.32. The van der Waals surface area contributed by atoms with E-state index in [4.69, 9.17) is 9.84 Å². The Morgan fingerprint density at radius 2 is 2.21 bits per heavy atom. The Labute approximate surface area is 87.1 Å². The summed E-state index contributed by atoms with van der Waals surface area (Å²) in [5.74, 6) is -0.126. The number of hydrogen-bond acceptors (Lipinski definition) is 3. The van der Waals surface area contributed by atoms with Gasteiger partial charge in [0, 0.05) is 4.90 Å². The number of benzene rings is 1. The molecule has 1 aromatic rings. The van der Waals surface area contributed by atoms with Gasteiger partial charge in [-0.15, -0.1) is 11.8 Å². The zero-order valence-electron chi connectivity index (χ0n) is 8.11. The molecule has 0 aliphatic heterocycles. The van der Waals surface area contributed by atoms with Crippen molar-refractivity contribution in [3.05, 3.63) is 23.8 Å². The smallest absolute Gasteiger partial charge is 0.307 e. The van der Waals surface area contributed by atoms with Crippen molar-refractivity contribution >= 4 is 17.7 Å². The lowest BCUT2D eigenvalue weighted by Crippen LogP contribution is -2.00. The van der Waals surface area contributed by atoms with E-state index in [0.717, 1.165) is 10.5 Å². The molecule has 1 N–H and O–H groups in total. The highest BCUT2D eigenvalue weighted by molar-refractivity contribution is 7.98. The number of methoxy groups -OCH3 is 1. The molecule has 4 heteroatoms. The van der Waals surface area contributed by atoms with Crippen LogP contribution in [-0.2, 0) is 11.2 Å². The van der Waals surface area contributed by atoms with Crippen LogP contribution in [0.3, 0.4) is 0 Å². The Kier molecular flexibility index (Phi) is 3.83. The summed E-state index contributed by atoms with van der Waals surface area (Å²) in [5.41, 5.74) is 0.765. The molecule has 0 saturated carbocycles. The average Bonchev–Trinajstić information content (AvgIpc) is 2.16. The van der Waals surface area contributed by atoms with Gasteiger partial charge in [-0.3, -0.25) is 4.79 Å². The van der Waals surface area contributed by atoms with Gasteiger partial charge >= 0.3 is 5.97 Å². The molecule has 0 aromatic heterocycles. The van der Waals surface area contributed by atoms with Gasteiger partial charge in [-0.1, -0.05) is 0 Å². The third-order valence-corrected chi connectivity index (χ3v) is 2.47. The van der Waals surface area contributed by atoms with E-state index in [2.05, 4.69) is 0 Å². The molecule has 0 aliphatic rings. The molecule has 0 radical (unpaired) electrons. The van der Waals surface area contributed by atoms with Crippen LogP contribution < -0.4 is 4.74 Å². The predicted molar refractivity (Wildman–Crippen MR) is 56.1 cm³/mol. The predicted octanol–water partition coefficient (Wildman–Crippen LogP) is 2.04. The third kappa shape index (κ3) is 2.96. The zero-order valence-corrected chi connectivity index (χ0v) is 8.93. The number of hydrogen-bond donors (Lipinski definition) is 1. The van der Waals surface area contributed by atoms with E-state index in [1.54, 1.807) is 24.9 Å². The summed E-state index contributed by atoms with van der Waals surface area (Å²) in [6.45, 7) is 0. The monoisotopic (exact) mass is 212 g/mol. The van der Waals surface area contributed by atoms with Crippen LogP contribution >= 0.6 is 11.8 Å². The number of carboxylic acids is 1. The van der Waals surface area contributed by atoms with Crippen molar-refractivity contribution in [3.8, 4) is 5.75 Å². The van der Waals surface area contributed by atoms with Crippen LogP contribution in [0.2, 0.25) is 0 Å². The summed E-state index contributed by atoms with van der Waals surface area (Å²) in [7, 11) is 1.57. The maximum absolute atomic E-state index is 10.5. The second-order valence-corrected chi connectivity index (χ2v) is 3.67. The fourth-order valence-electron chi connectivity index (χ4n) is 1.14. The van der Waals surface area contributed by atoms with Gasteiger partial charge in [-0.25, -0.2) is 0 Å². The van der Waals surface area contributed by atoms with Crippen molar-refractivity contribution in [2.45, 2.75) is 11.3 Å². The number of carbonyl (C=O) groups is 1. The molecule has 0 saturated heterocycles. The number of thioether (sulfide) groups is 1. The minimum atomic E-state index is -0.828. The molecule has 1 rings (SSSR count). The molecule has 0 spiro atoms. The second-order valence-electron chi connectivity index (χ2n) is 2.79. The van der Waals surface area contributed by atoms with E-state index in [-0.39, 0.29) is 6.42 Å². The standard InChI is InChI=1S/C10H12O3S/c1-13-8-3-7(5-10(11)12)4-9(6-8)14-2/h3-4,6H,5H2,1-2H3,(H,11,12). The quantitative estimate of drug-likeness (QED) is 0.776. The molecule has 0 heterocycles. The summed E-state index contributed by atoms with van der Waals surface area (Å²) in [6, 6.07) is 5.49. The molecular formula is C10H12O3S. The fourth-order valence-corrected chi connectivity index (χ4v) is 1.65. The summed E-state index contributed by atoms with van der Waals surface area (Å²) < 4.78 is 5.07. The average molecular weight is 212 g/mol. The lowest BCUT2D eigenvalue weighted by molar-refractivity contribution is -0.136. The van der Waals surface area contributed by atoms with Crippen molar-refractivity contribution in [2.24, 2.45) is 0 Å². The summed E-state index contributed by atoms with van der Waals surface area (Å²) >= 11 is 1.57. The maximum atomic E-state index is 10.5. The van der Waals surface area contributed by atoms with Crippen LogP contribution in [-0.4, -0.2) is 24.4 Å². The number of rotatable bonds is 4. The summed E-state index contributed by atoms with van der Waals surface area (Å²) in [6.07, 6.45) is 1.98. The lowest BCUT2D eigenvalue weighted by atomic mass is 10.1. The first-order chi connectivity index (χ1) is 6.65. The molecule has 0 unspecified atom stereocenters. The Morgan fingerprint density at radius 1 is 1.50 bits per heavy atom. The van der Waals surface area contributed by atoms with Crippen molar-refractivity contribution in [2.75, 3.05) is 13.4 Å². The highest BCUT2D eigenvalue weighted by Crippen LogP contribution is 2.23. The van der Waals surface area contributed by atoms with E-state index in [1.165, 1.54) is 0 Å². The largest absolute Gasteiger partial charge is 0.497 e. The van der Waals surface area contributed by atoms with Gasteiger partial charge in [-0.2, -0.15) is 0 Å². The molecular weight excluding hydrogens is 200 g/mol. The number of aliphatic carboxylic acids is 1. The van der Waals surface area contributed by atoms with Gasteiger partial charge in [0.25, 0.3) is 0 Å². The van der Waals surface area contributed by atoms with Gasteiger partial charge in [0.1, 0.15) is 5.75 Å². The van der Waals surface area contributed by atoms with Gasteiger partial charge in [0.2, 0.25) is 0 Å². The van der Waals surface area contributed by atoms with Crippen LogP contribution in [0.25, 0.3) is 0 Å². The molecule has 0 aliphatic carbocycles. The molecule has 14 heavy (non-hydrogen) atoms. The van der Waals surface area contributed by atoms with Crippen LogP contribution in [0.5, 0.6) is 5.75 Å². The molecule has 3 nitrogen and oxygen atoms in total. The fraction of sp³-hybridized carbons (Fsp3) is 0.300. The lowest BCUT2D eigenvalue weighted by Gasteiger charge is -2.05. The first-order valence-electron chi connectivity index (χ1n) is 4.09. The normalized spacial score (nSPS) is 9.86. The first kappa shape index (κ1) is 10.9. The Balaban J connectivity index is 2.98. The van der Waals surface area contributed by atoms with Crippen molar-refractivity contribution in [1.82, 2.24) is 0 Å². The molecule has 76 valence electrons. The van der Waals surface area contributed by atoms with Gasteiger partial charge < -0.3 is 9.84 Å². The topological polar surface area (TPSA) is 46.5 Å². The number of carboxylic acid groups (broad SMARTS) is 1. The Morgan fingerprint density at radius 3 is 2.71 bits per heavy atom. The van der Waals surface area contributed by atoms with E-state index >= 15 is 0 Å². The number of ether oxygens (including phenoxy) is 1. The van der Waals surface area contributed by atoms with Crippen LogP contribution in [0.15, 0.2) is 23.1 Å². The van der Waals surface area contributed by atoms with Gasteiger partial charge in [0.05, 0.1) is 13.5 Å². The molecule has 1 aromatic carbocycles. The van der Waals surface area contributed by atoms with Gasteiger partial charge in [0.15, 0.2) is 0 Å². The highest BCUT2D eigenvalue weighted by Gasteiger charge is 2.04.